The van der Waals surface area contributed by atoms with Crippen LogP contribution in [0.1, 0.15) is 47.2 Å². The molecule has 5 rings (SSSR count). The monoisotopic (exact) mass is 419 g/mol. The van der Waals surface area contributed by atoms with Crippen molar-refractivity contribution in [3.05, 3.63) is 65.2 Å². The van der Waals surface area contributed by atoms with Gasteiger partial charge in [0.25, 0.3) is 5.91 Å². The molecule has 0 atom stereocenters. The molecule has 5 heteroatoms. The van der Waals surface area contributed by atoms with E-state index in [1.165, 1.54) is 11.1 Å². The Balaban J connectivity index is 1.13. The first-order valence-corrected chi connectivity index (χ1v) is 11.8. The second kappa shape index (κ2) is 9.41. The molecule has 2 saturated heterocycles. The molecule has 2 fully saturated rings. The summed E-state index contributed by atoms with van der Waals surface area (Å²) < 4.78 is 6.07. The van der Waals surface area contributed by atoms with Crippen molar-refractivity contribution in [2.24, 2.45) is 0 Å². The second-order valence-corrected chi connectivity index (χ2v) is 9.10. The highest BCUT2D eigenvalue weighted by Crippen LogP contribution is 2.26. The van der Waals surface area contributed by atoms with Crippen molar-refractivity contribution in [2.75, 3.05) is 32.7 Å². The molecular weight excluding hydrogens is 386 g/mol. The molecule has 3 aliphatic rings. The molecule has 3 heterocycles. The highest BCUT2D eigenvalue weighted by Gasteiger charge is 2.29. The number of benzene rings is 2. The van der Waals surface area contributed by atoms with Crippen molar-refractivity contribution >= 4 is 5.91 Å². The largest absolute Gasteiger partial charge is 0.490 e. The Labute approximate surface area is 185 Å². The Morgan fingerprint density at radius 3 is 2.32 bits per heavy atom. The van der Waals surface area contributed by atoms with Gasteiger partial charge in [-0.15, -0.1) is 0 Å². The summed E-state index contributed by atoms with van der Waals surface area (Å²) in [6.07, 6.45) is 5.62. The van der Waals surface area contributed by atoms with Gasteiger partial charge < -0.3 is 15.0 Å². The number of hydrogen-bond donors (Lipinski definition) is 1. The van der Waals surface area contributed by atoms with Gasteiger partial charge in [-0.2, -0.15) is 0 Å². The third kappa shape index (κ3) is 4.78. The first-order chi connectivity index (χ1) is 15.3. The van der Waals surface area contributed by atoms with Gasteiger partial charge in [-0.05, 0) is 80.6 Å². The molecule has 2 aromatic carbocycles. The number of ether oxygens (including phenoxy) is 1. The number of fused-ring (bicyclic) bond motifs is 1. The molecule has 1 N–H and O–H groups in total. The number of nitrogens with one attached hydrogen (secondary N) is 1. The topological polar surface area (TPSA) is 44.8 Å². The number of hydrogen-bond acceptors (Lipinski definition) is 4. The zero-order valence-corrected chi connectivity index (χ0v) is 18.3. The van der Waals surface area contributed by atoms with Crippen LogP contribution in [0, 0.1) is 0 Å². The molecule has 2 aromatic rings. The van der Waals surface area contributed by atoms with E-state index in [0.29, 0.717) is 6.04 Å². The summed E-state index contributed by atoms with van der Waals surface area (Å²) in [5.41, 5.74) is 3.74. The van der Waals surface area contributed by atoms with Crippen LogP contribution in [-0.4, -0.2) is 60.6 Å². The van der Waals surface area contributed by atoms with E-state index in [-0.39, 0.29) is 12.0 Å². The van der Waals surface area contributed by atoms with Gasteiger partial charge in [-0.25, -0.2) is 0 Å². The van der Waals surface area contributed by atoms with Gasteiger partial charge in [0.15, 0.2) is 0 Å². The molecule has 0 unspecified atom stereocenters. The zero-order valence-electron chi connectivity index (χ0n) is 18.3. The first-order valence-electron chi connectivity index (χ1n) is 11.8. The summed E-state index contributed by atoms with van der Waals surface area (Å²) >= 11 is 0. The number of nitrogens with zero attached hydrogens (tertiary/aromatic N) is 2. The SMILES string of the molecule is O=C(c1ccc(OC2CCNCC2)cc1)N1CCC(N2CCc3ccccc3C2)CC1. The molecule has 0 spiro atoms. The lowest BCUT2D eigenvalue weighted by Gasteiger charge is -2.40. The smallest absolute Gasteiger partial charge is 0.253 e. The van der Waals surface area contributed by atoms with Crippen LogP contribution in [0.15, 0.2) is 48.5 Å². The summed E-state index contributed by atoms with van der Waals surface area (Å²) in [6, 6.07) is 17.1. The molecule has 5 nitrogen and oxygen atoms in total. The predicted molar refractivity (Wildman–Crippen MR) is 122 cm³/mol. The molecular formula is C26H33N3O2. The molecule has 0 bridgehead atoms. The van der Waals surface area contributed by atoms with Crippen LogP contribution in [0.2, 0.25) is 0 Å². The quantitative estimate of drug-likeness (QED) is 0.824. The minimum absolute atomic E-state index is 0.149. The molecule has 0 aliphatic carbocycles. The molecule has 3 aliphatic heterocycles. The number of rotatable bonds is 4. The van der Waals surface area contributed by atoms with Crippen LogP contribution in [0.3, 0.4) is 0 Å². The van der Waals surface area contributed by atoms with Crippen LogP contribution in [-0.2, 0) is 13.0 Å². The average Bonchev–Trinajstić information content (AvgIpc) is 2.84. The van der Waals surface area contributed by atoms with Crippen LogP contribution in [0.25, 0.3) is 0 Å². The molecule has 0 aromatic heterocycles. The maximum absolute atomic E-state index is 13.0. The van der Waals surface area contributed by atoms with E-state index in [0.717, 1.165) is 82.7 Å². The maximum Gasteiger partial charge on any atom is 0.253 e. The summed E-state index contributed by atoms with van der Waals surface area (Å²) in [5.74, 6) is 1.02. The summed E-state index contributed by atoms with van der Waals surface area (Å²) in [4.78, 5) is 17.7. The standard InChI is InChI=1S/C26H33N3O2/c30-26(21-5-7-24(8-6-21)31-25-9-14-27-15-10-25)28-17-12-23(13-18-28)29-16-11-20-3-1-2-4-22(20)19-29/h1-8,23,25,27H,9-19H2. The lowest BCUT2D eigenvalue weighted by atomic mass is 9.95. The van der Waals surface area contributed by atoms with Gasteiger partial charge in [0, 0.05) is 37.8 Å². The average molecular weight is 420 g/mol. The van der Waals surface area contributed by atoms with E-state index in [1.807, 2.05) is 29.2 Å². The molecule has 164 valence electrons. The summed E-state index contributed by atoms with van der Waals surface area (Å²) in [6.45, 7) is 5.90. The van der Waals surface area contributed by atoms with Gasteiger partial charge in [-0.3, -0.25) is 9.69 Å². The van der Waals surface area contributed by atoms with Crippen LogP contribution >= 0.6 is 0 Å². The molecule has 1 amide bonds. The van der Waals surface area contributed by atoms with Gasteiger partial charge >= 0.3 is 0 Å². The maximum atomic E-state index is 13.0. The van der Waals surface area contributed by atoms with E-state index < -0.39 is 0 Å². The van der Waals surface area contributed by atoms with Crippen LogP contribution in [0.5, 0.6) is 5.75 Å². The fraction of sp³-hybridized carbons (Fsp3) is 0.500. The van der Waals surface area contributed by atoms with Crippen molar-refractivity contribution in [1.82, 2.24) is 15.1 Å². The Kier molecular flexibility index (Phi) is 6.23. The molecule has 31 heavy (non-hydrogen) atoms. The lowest BCUT2D eigenvalue weighted by Crippen LogP contribution is -2.48. The van der Waals surface area contributed by atoms with Crippen molar-refractivity contribution in [1.29, 1.82) is 0 Å². The minimum Gasteiger partial charge on any atom is -0.490 e. The predicted octanol–water partition coefficient (Wildman–Crippen LogP) is 3.48. The van der Waals surface area contributed by atoms with E-state index in [1.54, 1.807) is 0 Å². The van der Waals surface area contributed by atoms with E-state index in [9.17, 15) is 4.79 Å². The van der Waals surface area contributed by atoms with Gasteiger partial charge in [-0.1, -0.05) is 24.3 Å². The highest BCUT2D eigenvalue weighted by atomic mass is 16.5. The van der Waals surface area contributed by atoms with Crippen LogP contribution < -0.4 is 10.1 Å². The molecule has 0 radical (unpaired) electrons. The van der Waals surface area contributed by atoms with Gasteiger partial charge in [0.2, 0.25) is 0 Å². The fourth-order valence-electron chi connectivity index (χ4n) is 5.23. The third-order valence-corrected chi connectivity index (χ3v) is 7.12. The van der Waals surface area contributed by atoms with Crippen molar-refractivity contribution in [3.8, 4) is 5.75 Å². The highest BCUT2D eigenvalue weighted by molar-refractivity contribution is 5.94. The number of amides is 1. The number of likely N-dealkylation sites (tertiary alicyclic amines) is 1. The summed E-state index contributed by atoms with van der Waals surface area (Å²) in [5, 5.41) is 3.36. The Morgan fingerprint density at radius 1 is 0.871 bits per heavy atom. The van der Waals surface area contributed by atoms with Gasteiger partial charge in [0.05, 0.1) is 0 Å². The number of carbonyl (C=O) groups excluding carboxylic acids is 1. The van der Waals surface area contributed by atoms with Crippen molar-refractivity contribution in [3.63, 3.8) is 0 Å². The Morgan fingerprint density at radius 2 is 1.58 bits per heavy atom. The first kappa shape index (κ1) is 20.5. The lowest BCUT2D eigenvalue weighted by molar-refractivity contribution is 0.0599. The Hall–Kier alpha value is -2.37. The molecule has 0 saturated carbocycles. The summed E-state index contributed by atoms with van der Waals surface area (Å²) in [7, 11) is 0. The normalized spacial score (nSPS) is 21.0. The minimum atomic E-state index is 0.149. The Bertz CT molecular complexity index is 884. The zero-order chi connectivity index (χ0) is 21.0. The van der Waals surface area contributed by atoms with E-state index in [4.69, 9.17) is 4.74 Å². The van der Waals surface area contributed by atoms with Crippen molar-refractivity contribution in [2.45, 2.75) is 50.8 Å². The second-order valence-electron chi connectivity index (χ2n) is 9.10. The van der Waals surface area contributed by atoms with Crippen molar-refractivity contribution < 1.29 is 9.53 Å². The third-order valence-electron chi connectivity index (χ3n) is 7.12. The number of piperidine rings is 2. The fourth-order valence-corrected chi connectivity index (χ4v) is 5.23. The number of carbonyl (C=O) groups is 1. The van der Waals surface area contributed by atoms with Crippen LogP contribution in [0.4, 0.5) is 0 Å². The van der Waals surface area contributed by atoms with Gasteiger partial charge in [0.1, 0.15) is 11.9 Å². The van der Waals surface area contributed by atoms with E-state index in [2.05, 4.69) is 34.5 Å². The van der Waals surface area contributed by atoms with E-state index >= 15 is 0 Å².